The first-order valence-corrected chi connectivity index (χ1v) is 6.38. The van der Waals surface area contributed by atoms with E-state index in [-0.39, 0.29) is 12.4 Å². The highest BCUT2D eigenvalue weighted by atomic mass is 16.5. The molecular formula is C15H22O3. The van der Waals surface area contributed by atoms with E-state index in [1.807, 2.05) is 0 Å². The van der Waals surface area contributed by atoms with Crippen molar-refractivity contribution in [2.24, 2.45) is 5.92 Å². The number of carbonyl (C=O) groups is 1. The average Bonchev–Trinajstić information content (AvgIpc) is 2.38. The zero-order valence-electron chi connectivity index (χ0n) is 11.4. The number of carbonyl (C=O) groups excluding carboxylic acids is 1. The van der Waals surface area contributed by atoms with Crippen molar-refractivity contribution in [3.63, 3.8) is 0 Å². The second kappa shape index (κ2) is 7.88. The minimum Gasteiger partial charge on any atom is -0.497 e. The van der Waals surface area contributed by atoms with Crippen LogP contribution in [0.4, 0.5) is 0 Å². The van der Waals surface area contributed by atoms with E-state index in [0.29, 0.717) is 18.1 Å². The summed E-state index contributed by atoms with van der Waals surface area (Å²) in [6, 6.07) is 7.09. The lowest BCUT2D eigenvalue weighted by Crippen LogP contribution is -2.10. The fourth-order valence-electron chi connectivity index (χ4n) is 1.62. The van der Waals surface area contributed by atoms with Crippen molar-refractivity contribution in [1.29, 1.82) is 0 Å². The maximum atomic E-state index is 11.8. The molecule has 0 saturated heterocycles. The molecule has 1 aromatic carbocycles. The van der Waals surface area contributed by atoms with E-state index in [0.717, 1.165) is 18.6 Å². The summed E-state index contributed by atoms with van der Waals surface area (Å²) in [5.74, 6) is 1.46. The summed E-state index contributed by atoms with van der Waals surface area (Å²) in [6.07, 6.45) is 2.14. The van der Waals surface area contributed by atoms with Crippen molar-refractivity contribution < 1.29 is 14.3 Å². The Kier molecular flexibility index (Phi) is 6.44. The molecule has 1 rings (SSSR count). The SMILES string of the molecule is COc1ccc(C(=O)COCCCC(C)C)cc1. The molecule has 0 aliphatic heterocycles. The van der Waals surface area contributed by atoms with Crippen LogP contribution in [0.5, 0.6) is 5.75 Å². The van der Waals surface area contributed by atoms with Gasteiger partial charge in [-0.05, 0) is 43.0 Å². The third-order valence-electron chi connectivity index (χ3n) is 2.72. The Morgan fingerprint density at radius 2 is 1.89 bits per heavy atom. The fourth-order valence-corrected chi connectivity index (χ4v) is 1.62. The molecule has 0 heterocycles. The summed E-state index contributed by atoms with van der Waals surface area (Å²) in [5, 5.41) is 0. The molecule has 3 heteroatoms. The van der Waals surface area contributed by atoms with Gasteiger partial charge in [-0.15, -0.1) is 0 Å². The van der Waals surface area contributed by atoms with Gasteiger partial charge in [-0.1, -0.05) is 13.8 Å². The van der Waals surface area contributed by atoms with Crippen LogP contribution in [0.1, 0.15) is 37.0 Å². The third kappa shape index (κ3) is 5.32. The highest BCUT2D eigenvalue weighted by molar-refractivity contribution is 5.97. The fraction of sp³-hybridized carbons (Fsp3) is 0.533. The van der Waals surface area contributed by atoms with Gasteiger partial charge >= 0.3 is 0 Å². The molecule has 0 spiro atoms. The maximum Gasteiger partial charge on any atom is 0.188 e. The van der Waals surface area contributed by atoms with Crippen LogP contribution in [0, 0.1) is 5.92 Å². The molecule has 0 aliphatic carbocycles. The van der Waals surface area contributed by atoms with E-state index < -0.39 is 0 Å². The number of hydrogen-bond acceptors (Lipinski definition) is 3. The molecule has 18 heavy (non-hydrogen) atoms. The molecule has 0 atom stereocenters. The molecule has 0 unspecified atom stereocenters. The normalized spacial score (nSPS) is 10.7. The Morgan fingerprint density at radius 1 is 1.22 bits per heavy atom. The molecule has 0 fully saturated rings. The van der Waals surface area contributed by atoms with Crippen molar-refractivity contribution in [3.05, 3.63) is 29.8 Å². The molecule has 0 radical (unpaired) electrons. The number of ether oxygens (including phenoxy) is 2. The Morgan fingerprint density at radius 3 is 2.44 bits per heavy atom. The third-order valence-corrected chi connectivity index (χ3v) is 2.72. The highest BCUT2D eigenvalue weighted by Crippen LogP contribution is 2.12. The first-order valence-electron chi connectivity index (χ1n) is 6.38. The van der Waals surface area contributed by atoms with Crippen molar-refractivity contribution in [2.45, 2.75) is 26.7 Å². The van der Waals surface area contributed by atoms with Crippen LogP contribution in [0.3, 0.4) is 0 Å². The van der Waals surface area contributed by atoms with Crippen LogP contribution in [0.25, 0.3) is 0 Å². The van der Waals surface area contributed by atoms with E-state index in [9.17, 15) is 4.79 Å². The smallest absolute Gasteiger partial charge is 0.188 e. The first-order chi connectivity index (χ1) is 8.63. The Hall–Kier alpha value is -1.35. The van der Waals surface area contributed by atoms with Gasteiger partial charge in [0.25, 0.3) is 0 Å². The van der Waals surface area contributed by atoms with Crippen LogP contribution in [0.2, 0.25) is 0 Å². The lowest BCUT2D eigenvalue weighted by Gasteiger charge is -2.06. The minimum absolute atomic E-state index is 0.0159. The maximum absolute atomic E-state index is 11.8. The van der Waals surface area contributed by atoms with Crippen molar-refractivity contribution in [2.75, 3.05) is 20.3 Å². The lowest BCUT2D eigenvalue weighted by atomic mass is 10.1. The van der Waals surface area contributed by atoms with Gasteiger partial charge in [0.15, 0.2) is 5.78 Å². The quantitative estimate of drug-likeness (QED) is 0.524. The summed E-state index contributed by atoms with van der Waals surface area (Å²) >= 11 is 0. The van der Waals surface area contributed by atoms with Crippen molar-refractivity contribution in [3.8, 4) is 5.75 Å². The van der Waals surface area contributed by atoms with Gasteiger partial charge in [-0.2, -0.15) is 0 Å². The molecular weight excluding hydrogens is 228 g/mol. The number of rotatable bonds is 8. The van der Waals surface area contributed by atoms with E-state index >= 15 is 0 Å². The highest BCUT2D eigenvalue weighted by Gasteiger charge is 2.06. The first kappa shape index (κ1) is 14.7. The molecule has 0 bridgehead atoms. The molecule has 0 aliphatic rings. The monoisotopic (exact) mass is 250 g/mol. The van der Waals surface area contributed by atoms with Crippen LogP contribution in [0.15, 0.2) is 24.3 Å². The topological polar surface area (TPSA) is 35.5 Å². The average molecular weight is 250 g/mol. The standard InChI is InChI=1S/C15H22O3/c1-12(2)5-4-10-18-11-15(16)13-6-8-14(17-3)9-7-13/h6-9,12H,4-5,10-11H2,1-3H3. The number of ketones is 1. The van der Waals surface area contributed by atoms with Crippen LogP contribution in [-0.4, -0.2) is 26.1 Å². The Balaban J connectivity index is 2.27. The molecule has 100 valence electrons. The lowest BCUT2D eigenvalue weighted by molar-refractivity contribution is 0.0749. The summed E-state index contributed by atoms with van der Waals surface area (Å²) < 4.78 is 10.4. The second-order valence-corrected chi connectivity index (χ2v) is 4.74. The molecule has 0 amide bonds. The predicted octanol–water partition coefficient (Wildman–Crippen LogP) is 3.33. The summed E-state index contributed by atoms with van der Waals surface area (Å²) in [6.45, 7) is 5.18. The van der Waals surface area contributed by atoms with Gasteiger partial charge in [0.05, 0.1) is 7.11 Å². The number of hydrogen-bond donors (Lipinski definition) is 0. The summed E-state index contributed by atoms with van der Waals surface area (Å²) in [5.41, 5.74) is 0.666. The largest absolute Gasteiger partial charge is 0.497 e. The summed E-state index contributed by atoms with van der Waals surface area (Å²) in [7, 11) is 1.61. The van der Waals surface area contributed by atoms with E-state index in [2.05, 4.69) is 13.8 Å². The zero-order chi connectivity index (χ0) is 13.4. The molecule has 0 saturated carbocycles. The Bertz CT molecular complexity index is 355. The number of methoxy groups -OCH3 is 1. The molecule has 0 N–H and O–H groups in total. The van der Waals surface area contributed by atoms with Gasteiger partial charge in [0.2, 0.25) is 0 Å². The van der Waals surface area contributed by atoms with Gasteiger partial charge in [0.1, 0.15) is 12.4 Å². The van der Waals surface area contributed by atoms with Crippen LogP contribution >= 0.6 is 0 Å². The van der Waals surface area contributed by atoms with E-state index in [1.165, 1.54) is 0 Å². The number of benzene rings is 1. The second-order valence-electron chi connectivity index (χ2n) is 4.74. The van der Waals surface area contributed by atoms with Crippen LogP contribution in [-0.2, 0) is 4.74 Å². The molecule has 0 aromatic heterocycles. The molecule has 3 nitrogen and oxygen atoms in total. The van der Waals surface area contributed by atoms with Gasteiger partial charge in [-0.25, -0.2) is 0 Å². The minimum atomic E-state index is 0.0159. The van der Waals surface area contributed by atoms with E-state index in [1.54, 1.807) is 31.4 Å². The van der Waals surface area contributed by atoms with Gasteiger partial charge < -0.3 is 9.47 Å². The van der Waals surface area contributed by atoms with Gasteiger partial charge in [0, 0.05) is 12.2 Å². The zero-order valence-corrected chi connectivity index (χ0v) is 11.4. The van der Waals surface area contributed by atoms with Crippen molar-refractivity contribution in [1.82, 2.24) is 0 Å². The summed E-state index contributed by atoms with van der Waals surface area (Å²) in [4.78, 5) is 11.8. The van der Waals surface area contributed by atoms with Gasteiger partial charge in [-0.3, -0.25) is 4.79 Å². The molecule has 1 aromatic rings. The van der Waals surface area contributed by atoms with E-state index in [4.69, 9.17) is 9.47 Å². The van der Waals surface area contributed by atoms with Crippen molar-refractivity contribution >= 4 is 5.78 Å². The van der Waals surface area contributed by atoms with Crippen LogP contribution < -0.4 is 4.74 Å². The predicted molar refractivity (Wildman–Crippen MR) is 72.2 cm³/mol. The Labute approximate surface area is 109 Å². The number of Topliss-reactive ketones (excluding diaryl/α,β-unsaturated/α-hetero) is 1.